The molecule has 5 heteroatoms. The molecule has 0 aliphatic heterocycles. The summed E-state index contributed by atoms with van der Waals surface area (Å²) in [4.78, 5) is 6.74. The Morgan fingerprint density at radius 3 is 2.50 bits per heavy atom. The van der Waals surface area contributed by atoms with Gasteiger partial charge in [-0.15, -0.1) is 0 Å². The van der Waals surface area contributed by atoms with E-state index >= 15 is 0 Å². The van der Waals surface area contributed by atoms with Gasteiger partial charge < -0.3 is 15.4 Å². The monoisotopic (exact) mass is 334 g/mol. The van der Waals surface area contributed by atoms with Gasteiger partial charge in [-0.05, 0) is 45.5 Å². The van der Waals surface area contributed by atoms with Gasteiger partial charge in [-0.2, -0.15) is 0 Å². The number of hydrogen-bond donors (Lipinski definition) is 2. The summed E-state index contributed by atoms with van der Waals surface area (Å²) in [6.45, 7) is 15.1. The minimum Gasteiger partial charge on any atom is -0.494 e. The molecule has 0 aliphatic rings. The van der Waals surface area contributed by atoms with Crippen LogP contribution in [0.3, 0.4) is 0 Å². The van der Waals surface area contributed by atoms with Crippen molar-refractivity contribution in [2.24, 2.45) is 4.99 Å². The van der Waals surface area contributed by atoms with E-state index in [0.29, 0.717) is 19.2 Å². The summed E-state index contributed by atoms with van der Waals surface area (Å²) in [6, 6.07) is 6.77. The van der Waals surface area contributed by atoms with Crippen molar-refractivity contribution in [3.63, 3.8) is 0 Å². The van der Waals surface area contributed by atoms with E-state index in [1.807, 2.05) is 6.92 Å². The van der Waals surface area contributed by atoms with E-state index in [1.54, 1.807) is 7.05 Å². The van der Waals surface area contributed by atoms with E-state index in [0.717, 1.165) is 36.9 Å². The molecule has 0 fully saturated rings. The molecule has 0 aliphatic carbocycles. The normalized spacial score (nSPS) is 13.0. The van der Waals surface area contributed by atoms with Crippen LogP contribution in [0, 0.1) is 6.92 Å². The number of guanidine groups is 1. The number of nitrogens with zero attached hydrogens (tertiary/aromatic N) is 2. The molecular weight excluding hydrogens is 300 g/mol. The molecule has 1 aromatic carbocycles. The maximum Gasteiger partial charge on any atom is 0.191 e. The molecule has 1 atom stereocenters. The third-order valence-corrected chi connectivity index (χ3v) is 4.19. The largest absolute Gasteiger partial charge is 0.494 e. The third-order valence-electron chi connectivity index (χ3n) is 4.19. The number of nitrogens with one attached hydrogen (secondary N) is 2. The molecule has 0 heterocycles. The second kappa shape index (κ2) is 10.9. The van der Waals surface area contributed by atoms with E-state index < -0.39 is 0 Å². The number of benzene rings is 1. The first-order valence-corrected chi connectivity index (χ1v) is 8.96. The van der Waals surface area contributed by atoms with Gasteiger partial charge in [0.2, 0.25) is 0 Å². The standard InChI is InChI=1S/C19H34N4O/c1-7-23(8-2)16(5)13-21-19(20-6)22-14-17-11-10-15(4)12-18(17)24-9-3/h10-12,16H,7-9,13-14H2,1-6H3,(H2,20,21,22). The SMILES string of the molecule is CCOc1cc(C)ccc1CNC(=NC)NCC(C)N(CC)CC. The second-order valence-corrected chi connectivity index (χ2v) is 5.92. The van der Waals surface area contributed by atoms with Gasteiger partial charge in [-0.3, -0.25) is 9.89 Å². The van der Waals surface area contributed by atoms with Crippen LogP contribution in [-0.2, 0) is 6.54 Å². The van der Waals surface area contributed by atoms with E-state index in [1.165, 1.54) is 5.56 Å². The highest BCUT2D eigenvalue weighted by Gasteiger charge is 2.11. The first-order valence-electron chi connectivity index (χ1n) is 8.96. The summed E-state index contributed by atoms with van der Waals surface area (Å²) in [7, 11) is 1.80. The van der Waals surface area contributed by atoms with Gasteiger partial charge >= 0.3 is 0 Å². The van der Waals surface area contributed by atoms with E-state index in [4.69, 9.17) is 4.74 Å². The summed E-state index contributed by atoms with van der Waals surface area (Å²) < 4.78 is 5.74. The summed E-state index contributed by atoms with van der Waals surface area (Å²) >= 11 is 0. The zero-order valence-corrected chi connectivity index (χ0v) is 16.1. The Kier molecular flexibility index (Phi) is 9.23. The van der Waals surface area contributed by atoms with Crippen LogP contribution < -0.4 is 15.4 Å². The van der Waals surface area contributed by atoms with Crippen molar-refractivity contribution in [2.75, 3.05) is 33.3 Å². The zero-order valence-electron chi connectivity index (χ0n) is 16.1. The topological polar surface area (TPSA) is 48.9 Å². The van der Waals surface area contributed by atoms with Crippen molar-refractivity contribution in [1.29, 1.82) is 0 Å². The van der Waals surface area contributed by atoms with Gasteiger partial charge in [0.25, 0.3) is 0 Å². The zero-order chi connectivity index (χ0) is 17.9. The highest BCUT2D eigenvalue weighted by atomic mass is 16.5. The number of rotatable bonds is 9. The molecule has 5 nitrogen and oxygen atoms in total. The highest BCUT2D eigenvalue weighted by molar-refractivity contribution is 5.79. The fourth-order valence-corrected chi connectivity index (χ4v) is 2.72. The molecule has 1 aromatic rings. The Hall–Kier alpha value is -1.75. The third kappa shape index (κ3) is 6.40. The predicted molar refractivity (Wildman–Crippen MR) is 103 cm³/mol. The van der Waals surface area contributed by atoms with Gasteiger partial charge in [0, 0.05) is 31.7 Å². The fraction of sp³-hybridized carbons (Fsp3) is 0.632. The van der Waals surface area contributed by atoms with E-state index in [9.17, 15) is 0 Å². The average molecular weight is 335 g/mol. The van der Waals surface area contributed by atoms with Gasteiger partial charge in [0.15, 0.2) is 5.96 Å². The minimum absolute atomic E-state index is 0.469. The summed E-state index contributed by atoms with van der Waals surface area (Å²) in [5.41, 5.74) is 2.35. The fourth-order valence-electron chi connectivity index (χ4n) is 2.72. The first kappa shape index (κ1) is 20.3. The molecule has 24 heavy (non-hydrogen) atoms. The smallest absolute Gasteiger partial charge is 0.191 e. The lowest BCUT2D eigenvalue weighted by Crippen LogP contribution is -2.45. The number of ether oxygens (including phenoxy) is 1. The predicted octanol–water partition coefficient (Wildman–Crippen LogP) is 2.79. The lowest BCUT2D eigenvalue weighted by molar-refractivity contribution is 0.231. The number of aryl methyl sites for hydroxylation is 1. The number of hydrogen-bond acceptors (Lipinski definition) is 3. The summed E-state index contributed by atoms with van der Waals surface area (Å²) in [6.07, 6.45) is 0. The molecule has 2 N–H and O–H groups in total. The van der Waals surface area contributed by atoms with Crippen molar-refractivity contribution in [1.82, 2.24) is 15.5 Å². The van der Waals surface area contributed by atoms with Gasteiger partial charge in [0.1, 0.15) is 5.75 Å². The molecule has 0 spiro atoms. The Bertz CT molecular complexity index is 512. The van der Waals surface area contributed by atoms with E-state index in [2.05, 4.69) is 66.4 Å². The van der Waals surface area contributed by atoms with Gasteiger partial charge in [0.05, 0.1) is 6.61 Å². The lowest BCUT2D eigenvalue weighted by atomic mass is 10.1. The number of likely N-dealkylation sites (N-methyl/N-ethyl adjacent to an activating group) is 1. The molecule has 0 radical (unpaired) electrons. The Labute approximate surface area is 147 Å². The maximum atomic E-state index is 5.74. The van der Waals surface area contributed by atoms with Crippen LogP contribution in [0.2, 0.25) is 0 Å². The van der Waals surface area contributed by atoms with Crippen molar-refractivity contribution < 1.29 is 4.74 Å². The van der Waals surface area contributed by atoms with Crippen LogP contribution in [0.15, 0.2) is 23.2 Å². The molecule has 1 rings (SSSR count). The molecular formula is C19H34N4O. The minimum atomic E-state index is 0.469. The Balaban J connectivity index is 2.58. The second-order valence-electron chi connectivity index (χ2n) is 5.92. The van der Waals surface area contributed by atoms with Crippen molar-refractivity contribution in [2.45, 2.75) is 47.2 Å². The van der Waals surface area contributed by atoms with Crippen molar-refractivity contribution in [3.8, 4) is 5.75 Å². The van der Waals surface area contributed by atoms with Crippen LogP contribution in [-0.4, -0.2) is 50.2 Å². The molecule has 0 bridgehead atoms. The van der Waals surface area contributed by atoms with Crippen LogP contribution >= 0.6 is 0 Å². The van der Waals surface area contributed by atoms with Gasteiger partial charge in [-0.1, -0.05) is 26.0 Å². The first-order chi connectivity index (χ1) is 11.5. The van der Waals surface area contributed by atoms with Crippen molar-refractivity contribution >= 4 is 5.96 Å². The highest BCUT2D eigenvalue weighted by Crippen LogP contribution is 2.20. The van der Waals surface area contributed by atoms with Crippen LogP contribution in [0.4, 0.5) is 0 Å². The molecule has 0 saturated heterocycles. The van der Waals surface area contributed by atoms with E-state index in [-0.39, 0.29) is 0 Å². The van der Waals surface area contributed by atoms with Crippen LogP contribution in [0.1, 0.15) is 38.8 Å². The molecule has 136 valence electrons. The van der Waals surface area contributed by atoms with Gasteiger partial charge in [-0.25, -0.2) is 0 Å². The molecule has 1 unspecified atom stereocenters. The van der Waals surface area contributed by atoms with Crippen LogP contribution in [0.5, 0.6) is 5.75 Å². The molecule has 0 saturated carbocycles. The number of aliphatic imine (C=N–C) groups is 1. The Morgan fingerprint density at radius 1 is 1.21 bits per heavy atom. The van der Waals surface area contributed by atoms with Crippen LogP contribution in [0.25, 0.3) is 0 Å². The summed E-state index contributed by atoms with van der Waals surface area (Å²) in [5.74, 6) is 1.76. The maximum absolute atomic E-state index is 5.74. The molecule has 0 amide bonds. The average Bonchev–Trinajstić information content (AvgIpc) is 2.58. The lowest BCUT2D eigenvalue weighted by Gasteiger charge is -2.27. The quantitative estimate of drug-likeness (QED) is 0.538. The summed E-state index contributed by atoms with van der Waals surface area (Å²) in [5, 5.41) is 6.78. The van der Waals surface area contributed by atoms with Crippen molar-refractivity contribution in [3.05, 3.63) is 29.3 Å². The Morgan fingerprint density at radius 2 is 1.92 bits per heavy atom. The molecule has 0 aromatic heterocycles.